The van der Waals surface area contributed by atoms with E-state index in [0.717, 1.165) is 10.0 Å². The van der Waals surface area contributed by atoms with Crippen molar-refractivity contribution in [3.63, 3.8) is 0 Å². The van der Waals surface area contributed by atoms with Gasteiger partial charge in [0.05, 0.1) is 11.3 Å². The highest BCUT2D eigenvalue weighted by Crippen LogP contribution is 2.17. The van der Waals surface area contributed by atoms with E-state index in [-0.39, 0.29) is 16.8 Å². The molecule has 0 aliphatic heterocycles. The van der Waals surface area contributed by atoms with E-state index < -0.39 is 0 Å². The maximum Gasteiger partial charge on any atom is 0.212 e. The lowest BCUT2D eigenvalue weighted by Crippen LogP contribution is -2.14. The van der Waals surface area contributed by atoms with Crippen LogP contribution in [0.4, 0.5) is 5.69 Å². The second-order valence-electron chi connectivity index (χ2n) is 4.34. The van der Waals surface area contributed by atoms with E-state index in [1.54, 1.807) is 31.3 Å². The van der Waals surface area contributed by atoms with Crippen molar-refractivity contribution in [2.75, 3.05) is 12.4 Å². The van der Waals surface area contributed by atoms with Crippen molar-refractivity contribution >= 4 is 33.5 Å². The number of carbonyl (C=O) groups is 1. The van der Waals surface area contributed by atoms with Crippen LogP contribution in [0, 0.1) is 0 Å². The minimum Gasteiger partial charge on any atom is -0.385 e. The third-order valence-electron chi connectivity index (χ3n) is 2.98. The summed E-state index contributed by atoms with van der Waals surface area (Å²) in [5.74, 6) is -0.316. The zero-order valence-corrected chi connectivity index (χ0v) is 13.1. The normalized spacial score (nSPS) is 10.6. The molecule has 0 unspecified atom stereocenters. The summed E-state index contributed by atoms with van der Waals surface area (Å²) in [6.45, 7) is 0. The zero-order valence-electron chi connectivity index (χ0n) is 11.5. The van der Waals surface area contributed by atoms with Crippen LogP contribution in [0.25, 0.3) is 6.08 Å². The molecule has 0 saturated heterocycles. The van der Waals surface area contributed by atoms with Crippen molar-refractivity contribution in [2.45, 2.75) is 0 Å². The fourth-order valence-corrected chi connectivity index (χ4v) is 2.27. The molecule has 0 fully saturated rings. The number of anilines is 1. The van der Waals surface area contributed by atoms with Gasteiger partial charge in [0, 0.05) is 11.5 Å². The predicted molar refractivity (Wildman–Crippen MR) is 89.8 cm³/mol. The van der Waals surface area contributed by atoms with Gasteiger partial charge in [-0.05, 0) is 35.9 Å². The first-order chi connectivity index (χ1) is 10.1. The van der Waals surface area contributed by atoms with E-state index in [0.29, 0.717) is 5.69 Å². The Morgan fingerprint density at radius 2 is 1.76 bits per heavy atom. The maximum absolute atomic E-state index is 12.2. The summed E-state index contributed by atoms with van der Waals surface area (Å²) in [6.07, 6.45) is 3.11. The molecule has 0 radical (unpaired) electrons. The number of ketones is 1. The van der Waals surface area contributed by atoms with Crippen molar-refractivity contribution < 1.29 is 4.79 Å². The van der Waals surface area contributed by atoms with Crippen LogP contribution in [0.1, 0.15) is 15.9 Å². The number of rotatable bonds is 4. The molecule has 0 aliphatic carbocycles. The molecule has 0 heterocycles. The van der Waals surface area contributed by atoms with Crippen molar-refractivity contribution in [2.24, 2.45) is 0 Å². The summed E-state index contributed by atoms with van der Waals surface area (Å²) < 4.78 is 0.894. The molecule has 106 valence electrons. The minimum absolute atomic E-state index is 0.146. The van der Waals surface area contributed by atoms with Gasteiger partial charge in [0.15, 0.2) is 5.78 Å². The molecule has 2 rings (SSSR count). The Morgan fingerprint density at radius 1 is 1.10 bits per heavy atom. The molecule has 3 nitrogen and oxygen atoms in total. The third-order valence-corrected chi connectivity index (χ3v) is 3.70. The van der Waals surface area contributed by atoms with Gasteiger partial charge in [-0.25, -0.2) is 0 Å². The average Bonchev–Trinajstić information content (AvgIpc) is 2.67. The van der Waals surface area contributed by atoms with E-state index in [9.17, 15) is 9.59 Å². The Balaban J connectivity index is 2.37. The van der Waals surface area contributed by atoms with Gasteiger partial charge in [0.2, 0.25) is 5.43 Å². The summed E-state index contributed by atoms with van der Waals surface area (Å²) in [4.78, 5) is 24.4. The summed E-state index contributed by atoms with van der Waals surface area (Å²) in [7, 11) is 1.65. The molecule has 1 N–H and O–H groups in total. The summed E-state index contributed by atoms with van der Waals surface area (Å²) in [5.41, 5.74) is 1.13. The number of nitrogens with one attached hydrogen (secondary N) is 1. The summed E-state index contributed by atoms with van der Waals surface area (Å²) in [6, 6.07) is 14.2. The molecule has 0 atom stereocenters. The van der Waals surface area contributed by atoms with Crippen LogP contribution in [-0.4, -0.2) is 12.8 Å². The first-order valence-corrected chi connectivity index (χ1v) is 7.21. The SMILES string of the molecule is CNc1ccccc(C(=O)/C=C/c2ccccc2Br)c1=O. The van der Waals surface area contributed by atoms with Gasteiger partial charge in [0.1, 0.15) is 0 Å². The molecular formula is C17H14BrNO2. The predicted octanol–water partition coefficient (Wildman–Crippen LogP) is 3.75. The van der Waals surface area contributed by atoms with Gasteiger partial charge in [-0.15, -0.1) is 0 Å². The Bertz CT molecular complexity index is 754. The van der Waals surface area contributed by atoms with E-state index in [2.05, 4.69) is 21.2 Å². The number of carbonyl (C=O) groups excluding carboxylic acids is 1. The molecule has 0 aromatic heterocycles. The first-order valence-electron chi connectivity index (χ1n) is 6.41. The minimum atomic E-state index is -0.316. The third kappa shape index (κ3) is 3.67. The van der Waals surface area contributed by atoms with Crippen LogP contribution in [0.5, 0.6) is 0 Å². The second kappa shape index (κ2) is 6.99. The molecule has 0 bridgehead atoms. The van der Waals surface area contributed by atoms with Gasteiger partial charge in [-0.2, -0.15) is 0 Å². The van der Waals surface area contributed by atoms with Gasteiger partial charge in [-0.3, -0.25) is 9.59 Å². The summed E-state index contributed by atoms with van der Waals surface area (Å²) in [5, 5.41) is 2.80. The van der Waals surface area contributed by atoms with Crippen LogP contribution in [0.3, 0.4) is 0 Å². The lowest BCUT2D eigenvalue weighted by atomic mass is 10.1. The molecule has 2 aromatic carbocycles. The van der Waals surface area contributed by atoms with Crippen molar-refractivity contribution in [3.05, 3.63) is 80.4 Å². The average molecular weight is 344 g/mol. The van der Waals surface area contributed by atoms with Gasteiger partial charge in [-0.1, -0.05) is 46.3 Å². The van der Waals surface area contributed by atoms with Crippen molar-refractivity contribution in [3.8, 4) is 0 Å². The van der Waals surface area contributed by atoms with Crippen LogP contribution in [0.15, 0.2) is 63.9 Å². The largest absolute Gasteiger partial charge is 0.385 e. The first kappa shape index (κ1) is 15.2. The molecule has 0 amide bonds. The molecule has 0 saturated carbocycles. The van der Waals surface area contributed by atoms with E-state index in [1.807, 2.05) is 24.3 Å². The van der Waals surface area contributed by atoms with Gasteiger partial charge in [0.25, 0.3) is 0 Å². The van der Waals surface area contributed by atoms with E-state index in [4.69, 9.17) is 0 Å². The number of benzene rings is 1. The number of allylic oxidation sites excluding steroid dienone is 1. The van der Waals surface area contributed by atoms with Crippen LogP contribution >= 0.6 is 15.9 Å². The highest BCUT2D eigenvalue weighted by atomic mass is 79.9. The highest BCUT2D eigenvalue weighted by Gasteiger charge is 2.08. The zero-order chi connectivity index (χ0) is 15.2. The van der Waals surface area contributed by atoms with E-state index >= 15 is 0 Å². The molecule has 4 heteroatoms. The smallest absolute Gasteiger partial charge is 0.212 e. The Morgan fingerprint density at radius 3 is 2.48 bits per heavy atom. The van der Waals surface area contributed by atoms with Crippen LogP contribution in [-0.2, 0) is 0 Å². The lowest BCUT2D eigenvalue weighted by Gasteiger charge is -1.97. The Labute approximate surface area is 131 Å². The van der Waals surface area contributed by atoms with Crippen molar-refractivity contribution in [1.82, 2.24) is 0 Å². The molecule has 0 aliphatic rings. The van der Waals surface area contributed by atoms with Gasteiger partial charge < -0.3 is 5.32 Å². The monoisotopic (exact) mass is 343 g/mol. The molecule has 0 spiro atoms. The quantitative estimate of drug-likeness (QED) is 0.679. The van der Waals surface area contributed by atoms with Gasteiger partial charge >= 0.3 is 0 Å². The fourth-order valence-electron chi connectivity index (χ4n) is 1.86. The van der Waals surface area contributed by atoms with E-state index in [1.165, 1.54) is 12.1 Å². The Hall–Kier alpha value is -2.20. The molecule has 2 aromatic rings. The fraction of sp³-hybridized carbons (Fsp3) is 0.0588. The number of hydrogen-bond acceptors (Lipinski definition) is 3. The standard InChI is InChI=1S/C17H14BrNO2/c1-19-15-9-5-3-7-13(17(15)21)16(20)11-10-12-6-2-4-8-14(12)18/h2-11H,1H3,(H,19,21)/b11-10+. The number of halogens is 1. The van der Waals surface area contributed by atoms with Crippen LogP contribution in [0.2, 0.25) is 0 Å². The van der Waals surface area contributed by atoms with Crippen LogP contribution < -0.4 is 10.7 Å². The number of hydrogen-bond donors (Lipinski definition) is 1. The molecular weight excluding hydrogens is 330 g/mol. The van der Waals surface area contributed by atoms with Crippen molar-refractivity contribution in [1.29, 1.82) is 0 Å². The second-order valence-corrected chi connectivity index (χ2v) is 5.20. The Kier molecular flexibility index (Phi) is 5.06. The highest BCUT2D eigenvalue weighted by molar-refractivity contribution is 9.10. The topological polar surface area (TPSA) is 46.2 Å². The lowest BCUT2D eigenvalue weighted by molar-refractivity contribution is 0.104. The summed E-state index contributed by atoms with van der Waals surface area (Å²) >= 11 is 3.41. The maximum atomic E-state index is 12.2. The molecule has 21 heavy (non-hydrogen) atoms.